The van der Waals surface area contributed by atoms with E-state index in [2.05, 4.69) is 0 Å². The molecule has 0 aromatic heterocycles. The van der Waals surface area contributed by atoms with Crippen molar-refractivity contribution in [3.05, 3.63) is 58.7 Å². The molecule has 5 nitrogen and oxygen atoms in total. The monoisotopic (exact) mass is 354 g/mol. The maximum Gasteiger partial charge on any atom is 0.174 e. The SMILES string of the molecule is COc1cc2c(c(O)c1CC=C(C)C)C(=O)C[C@H](c1ccc(O)cc1)O2. The summed E-state index contributed by atoms with van der Waals surface area (Å²) in [7, 11) is 1.52. The van der Waals surface area contributed by atoms with Gasteiger partial charge in [0, 0.05) is 11.6 Å². The molecule has 0 bridgehead atoms. The lowest BCUT2D eigenvalue weighted by molar-refractivity contribution is 0.0844. The van der Waals surface area contributed by atoms with Crippen LogP contribution in [0.4, 0.5) is 0 Å². The summed E-state index contributed by atoms with van der Waals surface area (Å²) in [6.45, 7) is 3.94. The highest BCUT2D eigenvalue weighted by Gasteiger charge is 2.32. The number of methoxy groups -OCH3 is 1. The molecule has 2 aromatic carbocycles. The van der Waals surface area contributed by atoms with E-state index in [4.69, 9.17) is 9.47 Å². The van der Waals surface area contributed by atoms with Crippen molar-refractivity contribution in [2.45, 2.75) is 32.8 Å². The third-order valence-corrected chi connectivity index (χ3v) is 4.45. The number of phenols is 2. The summed E-state index contributed by atoms with van der Waals surface area (Å²) < 4.78 is 11.4. The van der Waals surface area contributed by atoms with Gasteiger partial charge in [-0.05, 0) is 38.0 Å². The second-order valence-electron chi connectivity index (χ2n) is 6.59. The summed E-state index contributed by atoms with van der Waals surface area (Å²) in [5.74, 6) is 0.695. The van der Waals surface area contributed by atoms with Gasteiger partial charge in [-0.25, -0.2) is 0 Å². The first kappa shape index (κ1) is 17.9. The third-order valence-electron chi connectivity index (χ3n) is 4.45. The summed E-state index contributed by atoms with van der Waals surface area (Å²) in [6.07, 6.45) is 2.10. The molecule has 0 amide bonds. The molecule has 0 aliphatic carbocycles. The van der Waals surface area contributed by atoms with Crippen molar-refractivity contribution >= 4 is 5.78 Å². The number of carbonyl (C=O) groups is 1. The summed E-state index contributed by atoms with van der Waals surface area (Å²) in [5, 5.41) is 20.1. The van der Waals surface area contributed by atoms with Gasteiger partial charge in [-0.1, -0.05) is 23.8 Å². The molecule has 2 N–H and O–H groups in total. The molecule has 2 aromatic rings. The van der Waals surface area contributed by atoms with Crippen LogP contribution >= 0.6 is 0 Å². The molecule has 1 heterocycles. The molecule has 136 valence electrons. The molecule has 1 atom stereocenters. The van der Waals surface area contributed by atoms with Crippen molar-refractivity contribution in [3.8, 4) is 23.0 Å². The Hall–Kier alpha value is -2.95. The number of ether oxygens (including phenoxy) is 2. The van der Waals surface area contributed by atoms with Crippen LogP contribution < -0.4 is 9.47 Å². The van der Waals surface area contributed by atoms with Crippen LogP contribution in [0.3, 0.4) is 0 Å². The number of hydrogen-bond acceptors (Lipinski definition) is 5. The van der Waals surface area contributed by atoms with Gasteiger partial charge >= 0.3 is 0 Å². The highest BCUT2D eigenvalue weighted by atomic mass is 16.5. The van der Waals surface area contributed by atoms with Gasteiger partial charge in [0.25, 0.3) is 0 Å². The fourth-order valence-corrected chi connectivity index (χ4v) is 3.05. The number of Topliss-reactive ketones (excluding diaryl/α,β-unsaturated/α-hetero) is 1. The van der Waals surface area contributed by atoms with Gasteiger partial charge in [-0.3, -0.25) is 4.79 Å². The number of hydrogen-bond donors (Lipinski definition) is 2. The minimum Gasteiger partial charge on any atom is -0.508 e. The number of rotatable bonds is 4. The zero-order valence-electron chi connectivity index (χ0n) is 15.1. The molecule has 5 heteroatoms. The number of carbonyl (C=O) groups excluding carboxylic acids is 1. The van der Waals surface area contributed by atoms with E-state index in [1.165, 1.54) is 7.11 Å². The Morgan fingerprint density at radius 1 is 1.27 bits per heavy atom. The van der Waals surface area contributed by atoms with Crippen molar-refractivity contribution in [2.24, 2.45) is 0 Å². The lowest BCUT2D eigenvalue weighted by Gasteiger charge is -2.27. The number of allylic oxidation sites excluding steroid dienone is 2. The van der Waals surface area contributed by atoms with Gasteiger partial charge in [0.15, 0.2) is 5.78 Å². The van der Waals surface area contributed by atoms with Gasteiger partial charge in [0.1, 0.15) is 34.7 Å². The van der Waals surface area contributed by atoms with Crippen molar-refractivity contribution in [1.82, 2.24) is 0 Å². The Kier molecular flexibility index (Phi) is 4.89. The zero-order valence-corrected chi connectivity index (χ0v) is 15.1. The fourth-order valence-electron chi connectivity index (χ4n) is 3.05. The van der Waals surface area contributed by atoms with Gasteiger partial charge in [0.2, 0.25) is 0 Å². The maximum atomic E-state index is 12.7. The molecule has 3 rings (SSSR count). The van der Waals surface area contributed by atoms with E-state index in [0.717, 1.165) is 11.1 Å². The molecule has 0 radical (unpaired) electrons. The van der Waals surface area contributed by atoms with Crippen LogP contribution in [0.25, 0.3) is 0 Å². The lowest BCUT2D eigenvalue weighted by Crippen LogP contribution is -2.21. The molecule has 0 saturated heterocycles. The molecule has 0 unspecified atom stereocenters. The number of ketones is 1. The first-order valence-corrected chi connectivity index (χ1v) is 8.45. The van der Waals surface area contributed by atoms with Crippen molar-refractivity contribution in [2.75, 3.05) is 7.11 Å². The average Bonchev–Trinajstić information content (AvgIpc) is 2.60. The van der Waals surface area contributed by atoms with E-state index in [-0.39, 0.29) is 29.3 Å². The quantitative estimate of drug-likeness (QED) is 0.800. The van der Waals surface area contributed by atoms with Crippen molar-refractivity contribution in [1.29, 1.82) is 0 Å². The van der Waals surface area contributed by atoms with Gasteiger partial charge in [0.05, 0.1) is 13.5 Å². The van der Waals surface area contributed by atoms with Crippen LogP contribution in [-0.2, 0) is 6.42 Å². The largest absolute Gasteiger partial charge is 0.508 e. The molecular formula is C21H22O5. The van der Waals surface area contributed by atoms with Gasteiger partial charge in [-0.2, -0.15) is 0 Å². The Bertz CT molecular complexity index is 861. The number of phenolic OH excluding ortho intramolecular Hbond substituents is 2. The topological polar surface area (TPSA) is 76.0 Å². The highest BCUT2D eigenvalue weighted by Crippen LogP contribution is 2.45. The summed E-state index contributed by atoms with van der Waals surface area (Å²) >= 11 is 0. The van der Waals surface area contributed by atoms with E-state index in [1.807, 2.05) is 19.9 Å². The first-order valence-electron chi connectivity index (χ1n) is 8.45. The maximum absolute atomic E-state index is 12.7. The van der Waals surface area contributed by atoms with E-state index < -0.39 is 6.10 Å². The minimum atomic E-state index is -0.469. The van der Waals surface area contributed by atoms with Crippen LogP contribution in [0.2, 0.25) is 0 Å². The molecule has 0 saturated carbocycles. The average molecular weight is 354 g/mol. The number of benzene rings is 2. The van der Waals surface area contributed by atoms with E-state index in [9.17, 15) is 15.0 Å². The normalized spacial score (nSPS) is 15.8. The number of aromatic hydroxyl groups is 2. The zero-order chi connectivity index (χ0) is 18.8. The second kappa shape index (κ2) is 7.12. The van der Waals surface area contributed by atoms with E-state index >= 15 is 0 Å². The first-order chi connectivity index (χ1) is 12.4. The third kappa shape index (κ3) is 3.38. The fraction of sp³-hybridized carbons (Fsp3) is 0.286. The lowest BCUT2D eigenvalue weighted by atomic mass is 9.92. The summed E-state index contributed by atoms with van der Waals surface area (Å²) in [5.41, 5.74) is 2.68. The standard InChI is InChI=1S/C21H22O5/c1-12(2)4-9-15-18(25-3)11-19-20(21(15)24)16(23)10-17(26-19)13-5-7-14(22)8-6-13/h4-8,11,17,22,24H,9-10H2,1-3H3/t17-/m1/s1. The molecule has 26 heavy (non-hydrogen) atoms. The Labute approximate surface area is 152 Å². The number of fused-ring (bicyclic) bond motifs is 1. The Morgan fingerprint density at radius 3 is 2.58 bits per heavy atom. The van der Waals surface area contributed by atoms with Gasteiger partial charge in [-0.15, -0.1) is 0 Å². The van der Waals surface area contributed by atoms with Gasteiger partial charge < -0.3 is 19.7 Å². The summed E-state index contributed by atoms with van der Waals surface area (Å²) in [6, 6.07) is 8.21. The Morgan fingerprint density at radius 2 is 1.96 bits per heavy atom. The molecule has 0 fully saturated rings. The van der Waals surface area contributed by atoms with Crippen molar-refractivity contribution in [3.63, 3.8) is 0 Å². The van der Waals surface area contributed by atoms with E-state index in [0.29, 0.717) is 23.5 Å². The van der Waals surface area contributed by atoms with Crippen molar-refractivity contribution < 1.29 is 24.5 Å². The highest BCUT2D eigenvalue weighted by molar-refractivity contribution is 6.03. The predicted molar refractivity (Wildman–Crippen MR) is 98.2 cm³/mol. The van der Waals surface area contributed by atoms with Crippen LogP contribution in [-0.4, -0.2) is 23.1 Å². The predicted octanol–water partition coefficient (Wildman–Crippen LogP) is 4.32. The van der Waals surface area contributed by atoms with Crippen LogP contribution in [0.5, 0.6) is 23.0 Å². The van der Waals surface area contributed by atoms with Crippen LogP contribution in [0.1, 0.15) is 47.9 Å². The Balaban J connectivity index is 2.02. The van der Waals surface area contributed by atoms with Crippen LogP contribution in [0, 0.1) is 0 Å². The smallest absolute Gasteiger partial charge is 0.174 e. The molecule has 0 spiro atoms. The summed E-state index contributed by atoms with van der Waals surface area (Å²) in [4.78, 5) is 12.7. The van der Waals surface area contributed by atoms with E-state index in [1.54, 1.807) is 30.3 Å². The second-order valence-corrected chi connectivity index (χ2v) is 6.59. The molecule has 1 aliphatic heterocycles. The van der Waals surface area contributed by atoms with Crippen LogP contribution in [0.15, 0.2) is 42.0 Å². The molecular weight excluding hydrogens is 332 g/mol. The minimum absolute atomic E-state index is 0.0778. The molecule has 1 aliphatic rings.